The first-order valence-electron chi connectivity index (χ1n) is 5.52. The van der Waals surface area contributed by atoms with Crippen molar-refractivity contribution in [3.8, 4) is 0 Å². The molecule has 92 valence electrons. The highest BCUT2D eigenvalue weighted by Crippen LogP contribution is 2.15. The van der Waals surface area contributed by atoms with E-state index in [1.165, 1.54) is 11.3 Å². The topological polar surface area (TPSA) is 34.1 Å². The van der Waals surface area contributed by atoms with Gasteiger partial charge in [-0.1, -0.05) is 17.7 Å². The summed E-state index contributed by atoms with van der Waals surface area (Å²) < 4.78 is 0. The molecule has 1 heterocycles. The van der Waals surface area contributed by atoms with Crippen molar-refractivity contribution in [1.82, 2.24) is 0 Å². The van der Waals surface area contributed by atoms with E-state index >= 15 is 0 Å². The van der Waals surface area contributed by atoms with Crippen molar-refractivity contribution in [2.45, 2.75) is 12.8 Å². The first kappa shape index (κ1) is 13.0. The predicted molar refractivity (Wildman–Crippen MR) is 73.7 cm³/mol. The maximum absolute atomic E-state index is 11.8. The Morgan fingerprint density at radius 3 is 2.28 bits per heavy atom. The quantitative estimate of drug-likeness (QED) is 0.766. The van der Waals surface area contributed by atoms with E-state index in [-0.39, 0.29) is 24.4 Å². The third-order valence-electron chi connectivity index (χ3n) is 2.54. The first-order chi connectivity index (χ1) is 8.66. The van der Waals surface area contributed by atoms with Gasteiger partial charge in [-0.2, -0.15) is 0 Å². The molecule has 0 saturated carbocycles. The van der Waals surface area contributed by atoms with Crippen LogP contribution < -0.4 is 0 Å². The molecule has 0 aliphatic heterocycles. The molecule has 0 unspecified atom stereocenters. The molecule has 0 aliphatic carbocycles. The predicted octanol–water partition coefficient (Wildman–Crippen LogP) is 4.25. The monoisotopic (exact) mass is 278 g/mol. The molecule has 1 aromatic heterocycles. The summed E-state index contributed by atoms with van der Waals surface area (Å²) in [7, 11) is 0. The standard InChI is InChI=1S/C14H11ClO2S/c15-11-5-3-10(4-6-11)12(16)7-8-13(17)14-2-1-9-18-14/h1-6,9H,7-8H2. The number of carbonyl (C=O) groups excluding carboxylic acids is 2. The van der Waals surface area contributed by atoms with Crippen molar-refractivity contribution < 1.29 is 9.59 Å². The highest BCUT2D eigenvalue weighted by atomic mass is 35.5. The maximum Gasteiger partial charge on any atom is 0.173 e. The zero-order valence-electron chi connectivity index (χ0n) is 9.56. The van der Waals surface area contributed by atoms with Crippen LogP contribution in [-0.4, -0.2) is 11.6 Å². The van der Waals surface area contributed by atoms with Gasteiger partial charge in [-0.3, -0.25) is 9.59 Å². The molecule has 2 aromatic rings. The number of hydrogen-bond acceptors (Lipinski definition) is 3. The molecule has 0 fully saturated rings. The molecule has 2 rings (SSSR count). The fourth-order valence-corrected chi connectivity index (χ4v) is 2.39. The van der Waals surface area contributed by atoms with Crippen LogP contribution in [0.5, 0.6) is 0 Å². The van der Waals surface area contributed by atoms with Gasteiger partial charge in [-0.15, -0.1) is 11.3 Å². The summed E-state index contributed by atoms with van der Waals surface area (Å²) in [6.45, 7) is 0. The van der Waals surface area contributed by atoms with E-state index in [1.807, 2.05) is 11.4 Å². The van der Waals surface area contributed by atoms with Gasteiger partial charge >= 0.3 is 0 Å². The van der Waals surface area contributed by atoms with Crippen molar-refractivity contribution in [1.29, 1.82) is 0 Å². The summed E-state index contributed by atoms with van der Waals surface area (Å²) in [6.07, 6.45) is 0.486. The number of thiophene rings is 1. The normalized spacial score (nSPS) is 10.3. The molecule has 0 amide bonds. The van der Waals surface area contributed by atoms with Crippen LogP contribution in [0.1, 0.15) is 32.9 Å². The Hall–Kier alpha value is -1.45. The van der Waals surface area contributed by atoms with Crippen molar-refractivity contribution >= 4 is 34.5 Å². The number of benzene rings is 1. The van der Waals surface area contributed by atoms with E-state index in [1.54, 1.807) is 30.3 Å². The van der Waals surface area contributed by atoms with Gasteiger partial charge in [-0.25, -0.2) is 0 Å². The summed E-state index contributed by atoms with van der Waals surface area (Å²) in [6, 6.07) is 10.3. The Bertz CT molecular complexity index is 544. The lowest BCUT2D eigenvalue weighted by atomic mass is 10.0. The molecule has 0 radical (unpaired) electrons. The van der Waals surface area contributed by atoms with Gasteiger partial charge in [0.2, 0.25) is 0 Å². The zero-order valence-corrected chi connectivity index (χ0v) is 11.1. The van der Waals surface area contributed by atoms with E-state index in [0.717, 1.165) is 0 Å². The molecule has 0 saturated heterocycles. The van der Waals surface area contributed by atoms with Crippen molar-refractivity contribution in [2.75, 3.05) is 0 Å². The Morgan fingerprint density at radius 1 is 1.00 bits per heavy atom. The molecule has 0 aliphatic rings. The number of carbonyl (C=O) groups is 2. The summed E-state index contributed by atoms with van der Waals surface area (Å²) in [5.74, 6) is -0.0103. The fraction of sp³-hybridized carbons (Fsp3) is 0.143. The lowest BCUT2D eigenvalue weighted by Crippen LogP contribution is -2.03. The van der Waals surface area contributed by atoms with Crippen LogP contribution in [0.3, 0.4) is 0 Å². The number of Topliss-reactive ketones (excluding diaryl/α,β-unsaturated/α-hetero) is 2. The summed E-state index contributed by atoms with van der Waals surface area (Å²) in [5, 5.41) is 2.45. The zero-order chi connectivity index (χ0) is 13.0. The molecule has 1 aromatic carbocycles. The minimum absolute atomic E-state index is 0.0207. The van der Waals surface area contributed by atoms with E-state index in [0.29, 0.717) is 15.5 Å². The SMILES string of the molecule is O=C(CCC(=O)c1cccs1)c1ccc(Cl)cc1. The Kier molecular flexibility index (Phi) is 4.28. The molecule has 0 atom stereocenters. The van der Waals surface area contributed by atoms with Crippen LogP contribution in [0.25, 0.3) is 0 Å². The Balaban J connectivity index is 1.92. The third-order valence-corrected chi connectivity index (χ3v) is 3.70. The molecule has 0 N–H and O–H groups in total. The van der Waals surface area contributed by atoms with Gasteiger partial charge in [0.25, 0.3) is 0 Å². The lowest BCUT2D eigenvalue weighted by Gasteiger charge is -2.00. The van der Waals surface area contributed by atoms with E-state index in [2.05, 4.69) is 0 Å². The largest absolute Gasteiger partial charge is 0.294 e. The smallest absolute Gasteiger partial charge is 0.173 e. The molecule has 4 heteroatoms. The number of halogens is 1. The summed E-state index contributed by atoms with van der Waals surface area (Å²) in [5.41, 5.74) is 0.596. The van der Waals surface area contributed by atoms with Crippen molar-refractivity contribution in [3.05, 3.63) is 57.2 Å². The van der Waals surface area contributed by atoms with Gasteiger partial charge in [0.05, 0.1) is 4.88 Å². The summed E-state index contributed by atoms with van der Waals surface area (Å²) >= 11 is 7.15. The van der Waals surface area contributed by atoms with Crippen LogP contribution in [0, 0.1) is 0 Å². The van der Waals surface area contributed by atoms with Gasteiger partial charge in [-0.05, 0) is 35.7 Å². The average Bonchev–Trinajstić information content (AvgIpc) is 2.90. The molecule has 2 nitrogen and oxygen atoms in total. The third kappa shape index (κ3) is 3.28. The molecular weight excluding hydrogens is 268 g/mol. The van der Waals surface area contributed by atoms with Gasteiger partial charge in [0, 0.05) is 23.4 Å². The molecular formula is C14H11ClO2S. The highest BCUT2D eigenvalue weighted by molar-refractivity contribution is 7.12. The van der Waals surface area contributed by atoms with Gasteiger partial charge in [0.15, 0.2) is 11.6 Å². The Morgan fingerprint density at radius 2 is 1.67 bits per heavy atom. The van der Waals surface area contributed by atoms with Crippen LogP contribution in [0.2, 0.25) is 5.02 Å². The number of ketones is 2. The Labute approximate surface area is 114 Å². The molecule has 0 bridgehead atoms. The number of hydrogen-bond donors (Lipinski definition) is 0. The summed E-state index contributed by atoms with van der Waals surface area (Å²) in [4.78, 5) is 24.3. The minimum atomic E-state index is -0.0310. The van der Waals surface area contributed by atoms with Gasteiger partial charge in [0.1, 0.15) is 0 Å². The van der Waals surface area contributed by atoms with Crippen molar-refractivity contribution in [3.63, 3.8) is 0 Å². The second-order valence-corrected chi connectivity index (χ2v) is 5.21. The van der Waals surface area contributed by atoms with Crippen molar-refractivity contribution in [2.24, 2.45) is 0 Å². The minimum Gasteiger partial charge on any atom is -0.294 e. The van der Waals surface area contributed by atoms with E-state index in [9.17, 15) is 9.59 Å². The lowest BCUT2D eigenvalue weighted by molar-refractivity contribution is 0.0919. The van der Waals surface area contributed by atoms with Crippen LogP contribution in [0.15, 0.2) is 41.8 Å². The highest BCUT2D eigenvalue weighted by Gasteiger charge is 2.11. The van der Waals surface area contributed by atoms with Crippen LogP contribution >= 0.6 is 22.9 Å². The van der Waals surface area contributed by atoms with E-state index < -0.39 is 0 Å². The molecule has 0 spiro atoms. The van der Waals surface area contributed by atoms with Gasteiger partial charge < -0.3 is 0 Å². The fourth-order valence-electron chi connectivity index (χ4n) is 1.57. The van der Waals surface area contributed by atoms with Crippen LogP contribution in [-0.2, 0) is 0 Å². The average molecular weight is 279 g/mol. The number of rotatable bonds is 5. The maximum atomic E-state index is 11.8. The second-order valence-electron chi connectivity index (χ2n) is 3.83. The second kappa shape index (κ2) is 5.94. The molecule has 18 heavy (non-hydrogen) atoms. The van der Waals surface area contributed by atoms with E-state index in [4.69, 9.17) is 11.6 Å². The van der Waals surface area contributed by atoms with Crippen LogP contribution in [0.4, 0.5) is 0 Å². The first-order valence-corrected chi connectivity index (χ1v) is 6.78.